The minimum absolute atomic E-state index is 0.0807. The first kappa shape index (κ1) is 19.8. The zero-order valence-corrected chi connectivity index (χ0v) is 15.8. The summed E-state index contributed by atoms with van der Waals surface area (Å²) in [5.41, 5.74) is 0.517. The van der Waals surface area contributed by atoms with Crippen LogP contribution in [0.1, 0.15) is 23.2 Å². The monoisotopic (exact) mass is 404 g/mol. The number of carbonyl (C=O) groups is 2. The molecule has 0 aromatic heterocycles. The Labute approximate surface area is 162 Å². The molecule has 2 aromatic rings. The van der Waals surface area contributed by atoms with Gasteiger partial charge in [0.05, 0.1) is 10.5 Å². The van der Waals surface area contributed by atoms with E-state index >= 15 is 0 Å². The van der Waals surface area contributed by atoms with Crippen molar-refractivity contribution in [3.05, 3.63) is 54.1 Å². The number of hydrogen-bond donors (Lipinski definition) is 2. The number of esters is 1. The van der Waals surface area contributed by atoms with E-state index in [1.165, 1.54) is 52.8 Å². The van der Waals surface area contributed by atoms with Gasteiger partial charge < -0.3 is 15.2 Å². The van der Waals surface area contributed by atoms with Crippen molar-refractivity contribution < 1.29 is 27.9 Å². The van der Waals surface area contributed by atoms with Gasteiger partial charge in [-0.25, -0.2) is 13.2 Å². The molecule has 1 aliphatic heterocycles. The summed E-state index contributed by atoms with van der Waals surface area (Å²) in [4.78, 5) is 24.0. The van der Waals surface area contributed by atoms with Crippen LogP contribution in [-0.4, -0.2) is 49.4 Å². The molecule has 0 unspecified atom stereocenters. The average Bonchev–Trinajstić information content (AvgIpc) is 3.22. The summed E-state index contributed by atoms with van der Waals surface area (Å²) < 4.78 is 31.3. The second-order valence-electron chi connectivity index (χ2n) is 6.31. The molecule has 1 aliphatic rings. The molecule has 2 aromatic carbocycles. The van der Waals surface area contributed by atoms with Crippen LogP contribution in [0.5, 0.6) is 5.75 Å². The molecule has 1 amide bonds. The molecule has 28 heavy (non-hydrogen) atoms. The Kier molecular flexibility index (Phi) is 5.96. The van der Waals surface area contributed by atoms with Crippen molar-refractivity contribution in [3.8, 4) is 5.75 Å². The predicted molar refractivity (Wildman–Crippen MR) is 101 cm³/mol. The topological polar surface area (TPSA) is 113 Å². The van der Waals surface area contributed by atoms with E-state index in [1.807, 2.05) is 0 Å². The van der Waals surface area contributed by atoms with Crippen LogP contribution in [-0.2, 0) is 19.6 Å². The molecule has 3 rings (SSSR count). The van der Waals surface area contributed by atoms with Crippen LogP contribution in [0.15, 0.2) is 53.4 Å². The Bertz CT molecular complexity index is 966. The molecule has 1 saturated heterocycles. The van der Waals surface area contributed by atoms with Gasteiger partial charge in [0.15, 0.2) is 6.61 Å². The summed E-state index contributed by atoms with van der Waals surface area (Å²) in [6, 6.07) is 11.4. The molecule has 9 heteroatoms. The van der Waals surface area contributed by atoms with E-state index in [4.69, 9.17) is 4.74 Å². The van der Waals surface area contributed by atoms with E-state index in [-0.39, 0.29) is 16.2 Å². The van der Waals surface area contributed by atoms with Gasteiger partial charge in [0.25, 0.3) is 5.91 Å². The van der Waals surface area contributed by atoms with Gasteiger partial charge in [0, 0.05) is 18.8 Å². The molecule has 8 nitrogen and oxygen atoms in total. The van der Waals surface area contributed by atoms with Crippen molar-refractivity contribution in [3.63, 3.8) is 0 Å². The average molecular weight is 404 g/mol. The van der Waals surface area contributed by atoms with Crippen molar-refractivity contribution in [1.29, 1.82) is 0 Å². The van der Waals surface area contributed by atoms with E-state index < -0.39 is 28.5 Å². The summed E-state index contributed by atoms with van der Waals surface area (Å²) in [5.74, 6) is -1.38. The van der Waals surface area contributed by atoms with Crippen molar-refractivity contribution in [1.82, 2.24) is 4.31 Å². The normalized spacial score (nSPS) is 14.6. The van der Waals surface area contributed by atoms with E-state index in [1.54, 1.807) is 0 Å². The molecule has 148 valence electrons. The molecular weight excluding hydrogens is 384 g/mol. The molecule has 0 spiro atoms. The van der Waals surface area contributed by atoms with Gasteiger partial charge in [-0.05, 0) is 55.3 Å². The number of hydrogen-bond acceptors (Lipinski definition) is 6. The number of carbonyl (C=O) groups excluding carboxylic acids is 2. The standard InChI is InChI=1S/C19H20N2O6S/c22-16-5-3-4-14(12-16)19(24)27-13-18(23)20-15-6-8-17(9-7-15)28(25,26)21-10-1-2-11-21/h3-9,12,22H,1-2,10-11,13H2,(H,20,23). The Morgan fingerprint density at radius 2 is 1.75 bits per heavy atom. The largest absolute Gasteiger partial charge is 0.508 e. The van der Waals surface area contributed by atoms with Gasteiger partial charge in [0.2, 0.25) is 10.0 Å². The van der Waals surface area contributed by atoms with Crippen molar-refractivity contribution in [2.24, 2.45) is 0 Å². The van der Waals surface area contributed by atoms with Gasteiger partial charge in [-0.15, -0.1) is 0 Å². The van der Waals surface area contributed by atoms with Crippen molar-refractivity contribution in [2.45, 2.75) is 17.7 Å². The minimum Gasteiger partial charge on any atom is -0.508 e. The highest BCUT2D eigenvalue weighted by molar-refractivity contribution is 7.89. The van der Waals surface area contributed by atoms with Gasteiger partial charge in [0.1, 0.15) is 5.75 Å². The van der Waals surface area contributed by atoms with Crippen LogP contribution in [0.25, 0.3) is 0 Å². The summed E-state index contributed by atoms with van der Waals surface area (Å²) in [5, 5.41) is 11.9. The third-order valence-electron chi connectivity index (χ3n) is 4.26. The smallest absolute Gasteiger partial charge is 0.338 e. The third-order valence-corrected chi connectivity index (χ3v) is 6.17. The fourth-order valence-corrected chi connectivity index (χ4v) is 4.35. The Morgan fingerprint density at radius 3 is 2.39 bits per heavy atom. The van der Waals surface area contributed by atoms with E-state index in [9.17, 15) is 23.1 Å². The third kappa shape index (κ3) is 4.68. The number of phenolic OH excluding ortho intramolecular Hbond substituents is 1. The Balaban J connectivity index is 1.55. The fourth-order valence-electron chi connectivity index (χ4n) is 2.83. The summed E-state index contributed by atoms with van der Waals surface area (Å²) in [6.07, 6.45) is 1.71. The zero-order chi connectivity index (χ0) is 20.1. The number of amides is 1. The number of phenols is 1. The highest BCUT2D eigenvalue weighted by atomic mass is 32.2. The first-order valence-corrected chi connectivity index (χ1v) is 10.2. The number of benzene rings is 2. The summed E-state index contributed by atoms with van der Waals surface area (Å²) in [7, 11) is -3.51. The number of aromatic hydroxyl groups is 1. The molecule has 0 aliphatic carbocycles. The van der Waals surface area contributed by atoms with Gasteiger partial charge in [-0.3, -0.25) is 4.79 Å². The molecule has 1 fully saturated rings. The molecule has 0 saturated carbocycles. The quantitative estimate of drug-likeness (QED) is 0.712. The maximum Gasteiger partial charge on any atom is 0.338 e. The van der Waals surface area contributed by atoms with Crippen LogP contribution >= 0.6 is 0 Å². The zero-order valence-electron chi connectivity index (χ0n) is 15.0. The van der Waals surface area contributed by atoms with Crippen molar-refractivity contribution in [2.75, 3.05) is 25.0 Å². The van der Waals surface area contributed by atoms with Gasteiger partial charge >= 0.3 is 5.97 Å². The van der Waals surface area contributed by atoms with Crippen LogP contribution in [0.4, 0.5) is 5.69 Å². The lowest BCUT2D eigenvalue weighted by Crippen LogP contribution is -2.27. The number of ether oxygens (including phenoxy) is 1. The fraction of sp³-hybridized carbons (Fsp3) is 0.263. The molecule has 0 atom stereocenters. The second kappa shape index (κ2) is 8.41. The van der Waals surface area contributed by atoms with E-state index in [0.29, 0.717) is 18.8 Å². The molecule has 0 radical (unpaired) electrons. The molecular formula is C19H20N2O6S. The lowest BCUT2D eigenvalue weighted by Gasteiger charge is -2.15. The van der Waals surface area contributed by atoms with Gasteiger partial charge in [-0.2, -0.15) is 4.31 Å². The SMILES string of the molecule is O=C(COC(=O)c1cccc(O)c1)Nc1ccc(S(=O)(=O)N2CCCC2)cc1. The van der Waals surface area contributed by atoms with Crippen LogP contribution in [0, 0.1) is 0 Å². The molecule has 1 heterocycles. The van der Waals surface area contributed by atoms with Gasteiger partial charge in [-0.1, -0.05) is 6.07 Å². The highest BCUT2D eigenvalue weighted by Gasteiger charge is 2.26. The first-order chi connectivity index (χ1) is 13.4. The van der Waals surface area contributed by atoms with Crippen LogP contribution in [0.3, 0.4) is 0 Å². The van der Waals surface area contributed by atoms with Crippen LogP contribution in [0.2, 0.25) is 0 Å². The number of rotatable bonds is 6. The van der Waals surface area contributed by atoms with Crippen LogP contribution < -0.4 is 5.32 Å². The maximum absolute atomic E-state index is 12.5. The number of anilines is 1. The number of nitrogens with zero attached hydrogens (tertiary/aromatic N) is 1. The second-order valence-corrected chi connectivity index (χ2v) is 8.25. The number of sulfonamides is 1. The lowest BCUT2D eigenvalue weighted by molar-refractivity contribution is -0.119. The highest BCUT2D eigenvalue weighted by Crippen LogP contribution is 2.22. The first-order valence-electron chi connectivity index (χ1n) is 8.72. The molecule has 0 bridgehead atoms. The molecule has 2 N–H and O–H groups in total. The summed E-state index contributed by atoms with van der Waals surface area (Å²) >= 11 is 0. The summed E-state index contributed by atoms with van der Waals surface area (Å²) in [6.45, 7) is 0.527. The Hall–Kier alpha value is -2.91. The predicted octanol–water partition coefficient (Wildman–Crippen LogP) is 1.97. The lowest BCUT2D eigenvalue weighted by atomic mass is 10.2. The Morgan fingerprint density at radius 1 is 1.07 bits per heavy atom. The van der Waals surface area contributed by atoms with Crippen molar-refractivity contribution >= 4 is 27.6 Å². The minimum atomic E-state index is -3.51. The van der Waals surface area contributed by atoms with E-state index in [0.717, 1.165) is 12.8 Å². The maximum atomic E-state index is 12.5. The van der Waals surface area contributed by atoms with E-state index in [2.05, 4.69) is 5.32 Å². The number of nitrogens with one attached hydrogen (secondary N) is 1.